The molecule has 5 nitrogen and oxygen atoms in total. The van der Waals surface area contributed by atoms with Gasteiger partial charge in [-0.25, -0.2) is 0 Å². The highest BCUT2D eigenvalue weighted by atomic mass is 35.5. The van der Waals surface area contributed by atoms with Crippen LogP contribution in [0.4, 0.5) is 5.82 Å². The zero-order chi connectivity index (χ0) is 14.7. The number of carbonyl (C=O) groups excluding carboxylic acids is 1. The number of rotatable bonds is 4. The van der Waals surface area contributed by atoms with E-state index in [1.807, 2.05) is 0 Å². The Morgan fingerprint density at radius 3 is 2.80 bits per heavy atom. The van der Waals surface area contributed by atoms with Crippen LogP contribution in [0.2, 0.25) is 10.0 Å². The smallest absolute Gasteiger partial charge is 0.266 e. The SMILES string of the molecule is Cc1cc(NC(=O)[C@H](C)Oc2cc(Cl)ccc2Cl)no1. The van der Waals surface area contributed by atoms with Gasteiger partial charge in [-0.1, -0.05) is 28.4 Å². The van der Waals surface area contributed by atoms with Crippen LogP contribution in [0, 0.1) is 6.92 Å². The van der Waals surface area contributed by atoms with E-state index in [0.29, 0.717) is 27.4 Å². The maximum absolute atomic E-state index is 11.9. The zero-order valence-corrected chi connectivity index (χ0v) is 12.3. The fraction of sp³-hybridized carbons (Fsp3) is 0.231. The molecule has 0 radical (unpaired) electrons. The number of nitrogens with zero attached hydrogens (tertiary/aromatic N) is 1. The van der Waals surface area contributed by atoms with Crippen LogP contribution in [-0.2, 0) is 4.79 Å². The van der Waals surface area contributed by atoms with Crippen molar-refractivity contribution in [1.82, 2.24) is 5.16 Å². The Bertz CT molecular complexity index is 628. The van der Waals surface area contributed by atoms with E-state index in [2.05, 4.69) is 10.5 Å². The van der Waals surface area contributed by atoms with Gasteiger partial charge in [0.05, 0.1) is 5.02 Å². The summed E-state index contributed by atoms with van der Waals surface area (Å²) in [6, 6.07) is 6.40. The van der Waals surface area contributed by atoms with Gasteiger partial charge >= 0.3 is 0 Å². The molecule has 20 heavy (non-hydrogen) atoms. The summed E-state index contributed by atoms with van der Waals surface area (Å²) in [5, 5.41) is 7.10. The first kappa shape index (κ1) is 14.7. The van der Waals surface area contributed by atoms with Crippen LogP contribution >= 0.6 is 23.2 Å². The summed E-state index contributed by atoms with van der Waals surface area (Å²) in [4.78, 5) is 11.9. The lowest BCUT2D eigenvalue weighted by molar-refractivity contribution is -0.122. The summed E-state index contributed by atoms with van der Waals surface area (Å²) >= 11 is 11.8. The number of hydrogen-bond acceptors (Lipinski definition) is 4. The minimum atomic E-state index is -0.761. The zero-order valence-electron chi connectivity index (χ0n) is 10.8. The van der Waals surface area contributed by atoms with Gasteiger partial charge in [-0.15, -0.1) is 0 Å². The standard InChI is InChI=1S/C13H12Cl2N2O3/c1-7-5-12(17-20-7)16-13(18)8(2)19-11-6-9(14)3-4-10(11)15/h3-6,8H,1-2H3,(H,16,17,18)/t8-/m0/s1. The van der Waals surface area contributed by atoms with Crippen molar-refractivity contribution in [3.63, 3.8) is 0 Å². The average molecular weight is 315 g/mol. The van der Waals surface area contributed by atoms with E-state index in [-0.39, 0.29) is 5.91 Å². The maximum Gasteiger partial charge on any atom is 0.266 e. The van der Waals surface area contributed by atoms with Crippen LogP contribution in [0.5, 0.6) is 5.75 Å². The Balaban J connectivity index is 2.02. The van der Waals surface area contributed by atoms with Gasteiger partial charge in [-0.05, 0) is 26.0 Å². The molecule has 1 heterocycles. The van der Waals surface area contributed by atoms with Crippen molar-refractivity contribution in [3.05, 3.63) is 40.1 Å². The van der Waals surface area contributed by atoms with Crippen molar-refractivity contribution >= 4 is 34.9 Å². The van der Waals surface area contributed by atoms with Crippen molar-refractivity contribution in [2.45, 2.75) is 20.0 Å². The molecule has 1 aromatic carbocycles. The molecule has 0 spiro atoms. The first-order chi connectivity index (χ1) is 9.45. The van der Waals surface area contributed by atoms with Crippen molar-refractivity contribution < 1.29 is 14.1 Å². The third-order valence-corrected chi connectivity index (χ3v) is 2.99. The molecule has 0 fully saturated rings. The molecule has 1 N–H and O–H groups in total. The molecule has 0 aliphatic rings. The highest BCUT2D eigenvalue weighted by Crippen LogP contribution is 2.28. The van der Waals surface area contributed by atoms with Gasteiger partial charge < -0.3 is 14.6 Å². The lowest BCUT2D eigenvalue weighted by Crippen LogP contribution is -2.30. The monoisotopic (exact) mass is 314 g/mol. The Labute approximate surface area is 125 Å². The first-order valence-electron chi connectivity index (χ1n) is 5.81. The molecule has 0 aliphatic heterocycles. The third-order valence-electron chi connectivity index (χ3n) is 2.45. The molecule has 0 saturated carbocycles. The molecular formula is C13H12Cl2N2O3. The van der Waals surface area contributed by atoms with Crippen LogP contribution in [0.3, 0.4) is 0 Å². The van der Waals surface area contributed by atoms with E-state index >= 15 is 0 Å². The lowest BCUT2D eigenvalue weighted by atomic mass is 10.3. The highest BCUT2D eigenvalue weighted by Gasteiger charge is 2.17. The molecule has 0 saturated heterocycles. The average Bonchev–Trinajstić information content (AvgIpc) is 2.79. The molecule has 7 heteroatoms. The van der Waals surface area contributed by atoms with Crippen molar-refractivity contribution in [3.8, 4) is 5.75 Å². The summed E-state index contributed by atoms with van der Waals surface area (Å²) < 4.78 is 10.3. The third kappa shape index (κ3) is 3.65. The van der Waals surface area contributed by atoms with Gasteiger partial charge in [0.1, 0.15) is 11.5 Å². The van der Waals surface area contributed by atoms with Gasteiger partial charge in [-0.2, -0.15) is 0 Å². The van der Waals surface area contributed by atoms with Crippen LogP contribution in [-0.4, -0.2) is 17.2 Å². The van der Waals surface area contributed by atoms with E-state index in [1.54, 1.807) is 38.1 Å². The van der Waals surface area contributed by atoms with Crippen molar-refractivity contribution in [2.75, 3.05) is 5.32 Å². The van der Waals surface area contributed by atoms with E-state index in [4.69, 9.17) is 32.5 Å². The summed E-state index contributed by atoms with van der Waals surface area (Å²) in [7, 11) is 0. The van der Waals surface area contributed by atoms with E-state index < -0.39 is 6.10 Å². The molecule has 0 aliphatic carbocycles. The Morgan fingerprint density at radius 1 is 1.40 bits per heavy atom. The predicted octanol–water partition coefficient (Wildman–Crippen LogP) is 3.70. The molecule has 1 atom stereocenters. The van der Waals surface area contributed by atoms with Crippen molar-refractivity contribution in [2.24, 2.45) is 0 Å². The second kappa shape index (κ2) is 6.15. The molecule has 106 valence electrons. The number of benzene rings is 1. The number of halogens is 2. The van der Waals surface area contributed by atoms with Gasteiger partial charge in [0, 0.05) is 17.2 Å². The number of carbonyl (C=O) groups is 1. The molecule has 2 aromatic rings. The number of aromatic nitrogens is 1. The normalized spacial score (nSPS) is 12.0. The fourth-order valence-corrected chi connectivity index (χ4v) is 1.79. The summed E-state index contributed by atoms with van der Waals surface area (Å²) in [6.07, 6.45) is -0.761. The second-order valence-corrected chi connectivity index (χ2v) is 4.99. The van der Waals surface area contributed by atoms with Gasteiger partial charge in [0.2, 0.25) is 0 Å². The van der Waals surface area contributed by atoms with E-state index in [1.165, 1.54) is 0 Å². The van der Waals surface area contributed by atoms with Gasteiger partial charge in [0.15, 0.2) is 11.9 Å². The number of nitrogens with one attached hydrogen (secondary N) is 1. The molecule has 2 rings (SSSR count). The van der Waals surface area contributed by atoms with E-state index in [0.717, 1.165) is 0 Å². The fourth-order valence-electron chi connectivity index (χ4n) is 1.46. The maximum atomic E-state index is 11.9. The van der Waals surface area contributed by atoms with Crippen LogP contribution < -0.4 is 10.1 Å². The Morgan fingerprint density at radius 2 is 2.15 bits per heavy atom. The number of aryl methyl sites for hydroxylation is 1. The molecule has 0 unspecified atom stereocenters. The van der Waals surface area contributed by atoms with E-state index in [9.17, 15) is 4.79 Å². The van der Waals surface area contributed by atoms with Gasteiger partial charge in [-0.3, -0.25) is 4.79 Å². The summed E-state index contributed by atoms with van der Waals surface area (Å²) in [5.41, 5.74) is 0. The number of amides is 1. The van der Waals surface area contributed by atoms with Crippen LogP contribution in [0.1, 0.15) is 12.7 Å². The number of hydrogen-bond donors (Lipinski definition) is 1. The van der Waals surface area contributed by atoms with Crippen LogP contribution in [0.15, 0.2) is 28.8 Å². The summed E-state index contributed by atoms with van der Waals surface area (Å²) in [5.74, 6) is 0.916. The lowest BCUT2D eigenvalue weighted by Gasteiger charge is -2.14. The van der Waals surface area contributed by atoms with Gasteiger partial charge in [0.25, 0.3) is 5.91 Å². The molecule has 1 amide bonds. The number of anilines is 1. The minimum absolute atomic E-state index is 0.333. The molecule has 1 aromatic heterocycles. The second-order valence-electron chi connectivity index (χ2n) is 4.15. The first-order valence-corrected chi connectivity index (χ1v) is 6.57. The molecule has 0 bridgehead atoms. The Hall–Kier alpha value is -1.72. The quantitative estimate of drug-likeness (QED) is 0.934. The minimum Gasteiger partial charge on any atom is -0.479 e. The van der Waals surface area contributed by atoms with Crippen LogP contribution in [0.25, 0.3) is 0 Å². The number of ether oxygens (including phenoxy) is 1. The summed E-state index contributed by atoms with van der Waals surface area (Å²) in [6.45, 7) is 3.33. The predicted molar refractivity (Wildman–Crippen MR) is 76.4 cm³/mol. The highest BCUT2D eigenvalue weighted by molar-refractivity contribution is 6.34. The van der Waals surface area contributed by atoms with Crippen molar-refractivity contribution in [1.29, 1.82) is 0 Å². The largest absolute Gasteiger partial charge is 0.479 e. The topological polar surface area (TPSA) is 64.4 Å². The molecular weight excluding hydrogens is 303 g/mol. The Kier molecular flexibility index (Phi) is 4.52.